The molecular weight excluding hydrogens is 248 g/mol. The molecule has 2 atom stereocenters. The van der Waals surface area contributed by atoms with E-state index in [4.69, 9.17) is 11.5 Å². The molecular formula is C17H27N2O. The highest BCUT2D eigenvalue weighted by Crippen LogP contribution is 2.29. The first kappa shape index (κ1) is 16.7. The molecule has 0 spiro atoms. The predicted octanol–water partition coefficient (Wildman–Crippen LogP) is 3.01. The first-order valence-corrected chi connectivity index (χ1v) is 7.51. The van der Waals surface area contributed by atoms with Crippen molar-refractivity contribution in [2.75, 3.05) is 6.54 Å². The molecule has 2 unspecified atom stereocenters. The minimum absolute atomic E-state index is 0.181. The Hall–Kier alpha value is -1.35. The zero-order valence-corrected chi connectivity index (χ0v) is 12.4. The Labute approximate surface area is 122 Å². The molecule has 1 rings (SSSR count). The van der Waals surface area contributed by atoms with Crippen molar-refractivity contribution >= 4 is 5.91 Å². The normalized spacial score (nSPS) is 13.9. The summed E-state index contributed by atoms with van der Waals surface area (Å²) >= 11 is 0. The first-order valence-electron chi connectivity index (χ1n) is 7.51. The molecule has 4 N–H and O–H groups in total. The molecule has 111 valence electrons. The number of hydrogen-bond acceptors (Lipinski definition) is 2. The Morgan fingerprint density at radius 2 is 1.95 bits per heavy atom. The lowest BCUT2D eigenvalue weighted by molar-refractivity contribution is -0.119. The van der Waals surface area contributed by atoms with E-state index >= 15 is 0 Å². The van der Waals surface area contributed by atoms with Crippen molar-refractivity contribution in [3.8, 4) is 0 Å². The summed E-state index contributed by atoms with van der Waals surface area (Å²) in [7, 11) is 0. The van der Waals surface area contributed by atoms with Crippen molar-refractivity contribution in [1.29, 1.82) is 0 Å². The lowest BCUT2D eigenvalue weighted by atomic mass is 9.83. The van der Waals surface area contributed by atoms with Gasteiger partial charge in [0.05, 0.1) is 5.92 Å². The van der Waals surface area contributed by atoms with Crippen LogP contribution in [0.1, 0.15) is 50.5 Å². The summed E-state index contributed by atoms with van der Waals surface area (Å²) in [5, 5.41) is 0. The summed E-state index contributed by atoms with van der Waals surface area (Å²) in [4.78, 5) is 11.8. The van der Waals surface area contributed by atoms with Crippen LogP contribution in [0.15, 0.2) is 30.3 Å². The number of primary amides is 1. The van der Waals surface area contributed by atoms with E-state index in [1.165, 1.54) is 0 Å². The summed E-state index contributed by atoms with van der Waals surface area (Å²) in [6, 6.07) is 9.85. The van der Waals surface area contributed by atoms with Crippen molar-refractivity contribution in [2.24, 2.45) is 17.4 Å². The van der Waals surface area contributed by atoms with Gasteiger partial charge in [-0.25, -0.2) is 0 Å². The fourth-order valence-electron chi connectivity index (χ4n) is 2.68. The van der Waals surface area contributed by atoms with E-state index in [0.717, 1.165) is 44.2 Å². The van der Waals surface area contributed by atoms with Gasteiger partial charge in [0.25, 0.3) is 0 Å². The Balaban J connectivity index is 2.68. The Kier molecular flexibility index (Phi) is 7.97. The van der Waals surface area contributed by atoms with Gasteiger partial charge in [0.15, 0.2) is 0 Å². The van der Waals surface area contributed by atoms with Crippen LogP contribution < -0.4 is 11.5 Å². The highest BCUT2D eigenvalue weighted by Gasteiger charge is 2.22. The summed E-state index contributed by atoms with van der Waals surface area (Å²) in [6.45, 7) is 2.80. The quantitative estimate of drug-likeness (QED) is 0.644. The summed E-state index contributed by atoms with van der Waals surface area (Å²) < 4.78 is 0. The number of amides is 1. The molecule has 0 heterocycles. The highest BCUT2D eigenvalue weighted by atomic mass is 16.1. The van der Waals surface area contributed by atoms with Crippen molar-refractivity contribution in [1.82, 2.24) is 0 Å². The molecule has 0 bridgehead atoms. The molecule has 1 aromatic rings. The van der Waals surface area contributed by atoms with Crippen LogP contribution in [0, 0.1) is 12.3 Å². The molecule has 0 saturated heterocycles. The third kappa shape index (κ3) is 5.74. The van der Waals surface area contributed by atoms with E-state index in [0.29, 0.717) is 5.92 Å². The van der Waals surface area contributed by atoms with E-state index in [9.17, 15) is 4.79 Å². The van der Waals surface area contributed by atoms with Crippen molar-refractivity contribution < 1.29 is 4.79 Å². The zero-order chi connectivity index (χ0) is 14.8. The molecule has 0 aromatic heterocycles. The Morgan fingerprint density at radius 3 is 2.50 bits per heavy atom. The third-order valence-electron chi connectivity index (χ3n) is 3.75. The van der Waals surface area contributed by atoms with Crippen molar-refractivity contribution in [3.63, 3.8) is 0 Å². The molecule has 0 fully saturated rings. The fourth-order valence-corrected chi connectivity index (χ4v) is 2.68. The zero-order valence-electron chi connectivity index (χ0n) is 12.4. The fraction of sp³-hybridized carbons (Fsp3) is 0.529. The summed E-state index contributed by atoms with van der Waals surface area (Å²) in [6.07, 6.45) is 7.31. The van der Waals surface area contributed by atoms with Crippen LogP contribution in [-0.2, 0) is 4.79 Å². The lowest BCUT2D eigenvalue weighted by Gasteiger charge is -2.21. The van der Waals surface area contributed by atoms with Gasteiger partial charge in [-0.05, 0) is 43.7 Å². The monoisotopic (exact) mass is 275 g/mol. The first-order chi connectivity index (χ1) is 9.69. The minimum atomic E-state index is -0.226. The van der Waals surface area contributed by atoms with Crippen LogP contribution in [0.5, 0.6) is 0 Å². The molecule has 1 aromatic carbocycles. The van der Waals surface area contributed by atoms with Gasteiger partial charge in [-0.1, -0.05) is 50.1 Å². The second-order valence-corrected chi connectivity index (χ2v) is 5.40. The SMILES string of the molecule is C[CH]CC(CCCCN)CC(C(N)=O)c1ccccc1. The molecule has 3 heteroatoms. The molecule has 0 aliphatic heterocycles. The van der Waals surface area contributed by atoms with Gasteiger partial charge in [-0.2, -0.15) is 0 Å². The van der Waals surface area contributed by atoms with E-state index in [1.54, 1.807) is 0 Å². The minimum Gasteiger partial charge on any atom is -0.369 e. The van der Waals surface area contributed by atoms with E-state index < -0.39 is 0 Å². The average molecular weight is 275 g/mol. The van der Waals surface area contributed by atoms with Crippen LogP contribution in [0.25, 0.3) is 0 Å². The standard InChI is InChI=1S/C17H27N2O/c1-2-8-14(9-6-7-12-18)13-16(17(19)20)15-10-4-3-5-11-15/h2-5,10-11,14,16H,6-9,12-13,18H2,1H3,(H2,19,20). The smallest absolute Gasteiger partial charge is 0.224 e. The van der Waals surface area contributed by atoms with E-state index in [2.05, 4.69) is 13.3 Å². The van der Waals surface area contributed by atoms with Gasteiger partial charge in [-0.3, -0.25) is 4.79 Å². The van der Waals surface area contributed by atoms with Gasteiger partial charge in [0, 0.05) is 0 Å². The second kappa shape index (κ2) is 9.54. The maximum absolute atomic E-state index is 11.8. The van der Waals surface area contributed by atoms with Gasteiger partial charge in [0.1, 0.15) is 0 Å². The molecule has 20 heavy (non-hydrogen) atoms. The Bertz CT molecular complexity index is 378. The number of unbranched alkanes of at least 4 members (excludes halogenated alkanes) is 1. The molecule has 0 aliphatic rings. The van der Waals surface area contributed by atoms with Gasteiger partial charge >= 0.3 is 0 Å². The Morgan fingerprint density at radius 1 is 1.25 bits per heavy atom. The van der Waals surface area contributed by atoms with Gasteiger partial charge in [-0.15, -0.1) is 0 Å². The van der Waals surface area contributed by atoms with Crippen LogP contribution >= 0.6 is 0 Å². The molecule has 1 amide bonds. The summed E-state index contributed by atoms with van der Waals surface area (Å²) in [5.41, 5.74) is 12.2. The van der Waals surface area contributed by atoms with Gasteiger partial charge < -0.3 is 11.5 Å². The van der Waals surface area contributed by atoms with Crippen LogP contribution in [0.2, 0.25) is 0 Å². The molecule has 1 radical (unpaired) electrons. The van der Waals surface area contributed by atoms with E-state index in [-0.39, 0.29) is 11.8 Å². The van der Waals surface area contributed by atoms with Crippen LogP contribution in [0.3, 0.4) is 0 Å². The topological polar surface area (TPSA) is 69.1 Å². The second-order valence-electron chi connectivity index (χ2n) is 5.40. The van der Waals surface area contributed by atoms with Crippen molar-refractivity contribution in [2.45, 2.75) is 44.9 Å². The summed E-state index contributed by atoms with van der Waals surface area (Å²) in [5.74, 6) is 0.0967. The number of hydrogen-bond donors (Lipinski definition) is 2. The molecule has 0 aliphatic carbocycles. The third-order valence-corrected chi connectivity index (χ3v) is 3.75. The van der Waals surface area contributed by atoms with E-state index in [1.807, 2.05) is 30.3 Å². The van der Waals surface area contributed by atoms with Crippen molar-refractivity contribution in [3.05, 3.63) is 42.3 Å². The number of rotatable bonds is 10. The predicted molar refractivity (Wildman–Crippen MR) is 84.0 cm³/mol. The molecule has 3 nitrogen and oxygen atoms in total. The number of carbonyl (C=O) groups is 1. The van der Waals surface area contributed by atoms with Gasteiger partial charge in [0.2, 0.25) is 5.91 Å². The number of carbonyl (C=O) groups excluding carboxylic acids is 1. The average Bonchev–Trinajstić information content (AvgIpc) is 2.45. The number of benzene rings is 1. The number of nitrogens with two attached hydrogens (primary N) is 2. The maximum atomic E-state index is 11.8. The largest absolute Gasteiger partial charge is 0.369 e. The van der Waals surface area contributed by atoms with Crippen LogP contribution in [0.4, 0.5) is 0 Å². The highest BCUT2D eigenvalue weighted by molar-refractivity contribution is 5.81. The van der Waals surface area contributed by atoms with Crippen LogP contribution in [-0.4, -0.2) is 12.5 Å². The lowest BCUT2D eigenvalue weighted by Crippen LogP contribution is -2.24. The molecule has 0 saturated carbocycles. The maximum Gasteiger partial charge on any atom is 0.224 e.